The van der Waals surface area contributed by atoms with Crippen molar-refractivity contribution in [1.82, 2.24) is 4.98 Å². The van der Waals surface area contributed by atoms with Gasteiger partial charge < -0.3 is 10.1 Å². The second-order valence-electron chi connectivity index (χ2n) is 5.21. The zero-order valence-corrected chi connectivity index (χ0v) is 11.5. The van der Waals surface area contributed by atoms with Gasteiger partial charge in [0.25, 0.3) is 0 Å². The zero-order chi connectivity index (χ0) is 12.8. The van der Waals surface area contributed by atoms with Gasteiger partial charge in [0.2, 0.25) is 0 Å². The Bertz CT molecular complexity index is 367. The van der Waals surface area contributed by atoms with Crippen molar-refractivity contribution < 1.29 is 4.74 Å². The Morgan fingerprint density at radius 1 is 1.39 bits per heavy atom. The fraction of sp³-hybridized carbons (Fsp3) is 0.667. The molecule has 1 aromatic heterocycles. The second kappa shape index (κ2) is 6.62. The average Bonchev–Trinajstić information content (AvgIpc) is 2.40. The van der Waals surface area contributed by atoms with E-state index in [1.807, 2.05) is 18.3 Å². The number of hydrogen-bond acceptors (Lipinski definition) is 3. The number of anilines is 1. The Balaban J connectivity index is 2.03. The van der Waals surface area contributed by atoms with Crippen molar-refractivity contribution in [2.45, 2.75) is 52.0 Å². The van der Waals surface area contributed by atoms with Crippen LogP contribution in [0.1, 0.15) is 46.0 Å². The molecule has 0 saturated heterocycles. The van der Waals surface area contributed by atoms with Gasteiger partial charge in [-0.1, -0.05) is 26.7 Å². The zero-order valence-electron chi connectivity index (χ0n) is 11.5. The van der Waals surface area contributed by atoms with Crippen LogP contribution in [0.25, 0.3) is 0 Å². The highest BCUT2D eigenvalue weighted by molar-refractivity contribution is 5.50. The van der Waals surface area contributed by atoms with Crippen LogP contribution in [0.2, 0.25) is 0 Å². The van der Waals surface area contributed by atoms with E-state index >= 15 is 0 Å². The maximum Gasteiger partial charge on any atom is 0.168 e. The SMILES string of the molecule is CCCOc1cccnc1NC1CCCCC1C. The van der Waals surface area contributed by atoms with Crippen LogP contribution in [0.15, 0.2) is 18.3 Å². The highest BCUT2D eigenvalue weighted by atomic mass is 16.5. The van der Waals surface area contributed by atoms with Crippen LogP contribution in [0, 0.1) is 5.92 Å². The standard InChI is InChI=1S/C15H24N2O/c1-3-11-18-14-9-6-10-16-15(14)17-13-8-5-4-7-12(13)2/h6,9-10,12-13H,3-5,7-8,11H2,1-2H3,(H,16,17). The van der Waals surface area contributed by atoms with Gasteiger partial charge in [0.1, 0.15) is 0 Å². The van der Waals surface area contributed by atoms with Gasteiger partial charge >= 0.3 is 0 Å². The number of nitrogens with zero attached hydrogens (tertiary/aromatic N) is 1. The van der Waals surface area contributed by atoms with Gasteiger partial charge in [0.15, 0.2) is 11.6 Å². The van der Waals surface area contributed by atoms with Crippen LogP contribution in [0.3, 0.4) is 0 Å². The first-order chi connectivity index (χ1) is 8.81. The third kappa shape index (κ3) is 3.37. The molecule has 1 aliphatic carbocycles. The van der Waals surface area contributed by atoms with Gasteiger partial charge in [-0.15, -0.1) is 0 Å². The van der Waals surface area contributed by atoms with Gasteiger partial charge in [-0.3, -0.25) is 0 Å². The lowest BCUT2D eigenvalue weighted by atomic mass is 9.86. The van der Waals surface area contributed by atoms with Gasteiger partial charge in [0.05, 0.1) is 6.61 Å². The molecule has 0 bridgehead atoms. The predicted molar refractivity (Wildman–Crippen MR) is 75.1 cm³/mol. The molecular weight excluding hydrogens is 224 g/mol. The van der Waals surface area contributed by atoms with Crippen molar-refractivity contribution in [2.75, 3.05) is 11.9 Å². The van der Waals surface area contributed by atoms with E-state index in [0.717, 1.165) is 30.5 Å². The average molecular weight is 248 g/mol. The van der Waals surface area contributed by atoms with Crippen LogP contribution in [0.5, 0.6) is 5.75 Å². The lowest BCUT2D eigenvalue weighted by Gasteiger charge is -2.30. The molecule has 2 unspecified atom stereocenters. The Morgan fingerprint density at radius 2 is 2.22 bits per heavy atom. The van der Waals surface area contributed by atoms with E-state index < -0.39 is 0 Å². The number of pyridine rings is 1. The molecule has 1 aromatic rings. The lowest BCUT2D eigenvalue weighted by molar-refractivity contribution is 0.314. The fourth-order valence-corrected chi connectivity index (χ4v) is 2.53. The lowest BCUT2D eigenvalue weighted by Crippen LogP contribution is -2.30. The normalized spacial score (nSPS) is 23.7. The molecule has 0 aromatic carbocycles. The summed E-state index contributed by atoms with van der Waals surface area (Å²) in [5.74, 6) is 2.52. The number of nitrogens with one attached hydrogen (secondary N) is 1. The first-order valence-corrected chi connectivity index (χ1v) is 7.15. The summed E-state index contributed by atoms with van der Waals surface area (Å²) in [6.45, 7) is 5.19. The second-order valence-corrected chi connectivity index (χ2v) is 5.21. The smallest absolute Gasteiger partial charge is 0.168 e. The molecule has 100 valence electrons. The molecule has 0 amide bonds. The summed E-state index contributed by atoms with van der Waals surface area (Å²) in [5, 5.41) is 3.57. The molecule has 0 spiro atoms. The highest BCUT2D eigenvalue weighted by Crippen LogP contribution is 2.29. The predicted octanol–water partition coefficient (Wildman–Crippen LogP) is 3.86. The Morgan fingerprint density at radius 3 is 3.00 bits per heavy atom. The van der Waals surface area contributed by atoms with Gasteiger partial charge in [-0.05, 0) is 37.3 Å². The Labute approximate surface area is 110 Å². The van der Waals surface area contributed by atoms with E-state index in [1.54, 1.807) is 0 Å². The summed E-state index contributed by atoms with van der Waals surface area (Å²) in [5.41, 5.74) is 0. The Kier molecular flexibility index (Phi) is 4.85. The molecule has 18 heavy (non-hydrogen) atoms. The van der Waals surface area contributed by atoms with Crippen LogP contribution in [0.4, 0.5) is 5.82 Å². The topological polar surface area (TPSA) is 34.1 Å². The molecule has 1 fully saturated rings. The van der Waals surface area contributed by atoms with Crippen molar-refractivity contribution in [3.05, 3.63) is 18.3 Å². The third-order valence-corrected chi connectivity index (χ3v) is 3.67. The molecular formula is C15H24N2O. The van der Waals surface area contributed by atoms with Crippen molar-refractivity contribution in [1.29, 1.82) is 0 Å². The van der Waals surface area contributed by atoms with E-state index in [2.05, 4.69) is 24.1 Å². The minimum Gasteiger partial charge on any atom is -0.490 e. The monoisotopic (exact) mass is 248 g/mol. The van der Waals surface area contributed by atoms with E-state index in [-0.39, 0.29) is 0 Å². The van der Waals surface area contributed by atoms with Crippen LogP contribution in [-0.2, 0) is 0 Å². The van der Waals surface area contributed by atoms with E-state index in [0.29, 0.717) is 6.04 Å². The quantitative estimate of drug-likeness (QED) is 0.859. The minimum absolute atomic E-state index is 0.539. The molecule has 1 saturated carbocycles. The Hall–Kier alpha value is -1.25. The molecule has 1 aliphatic rings. The molecule has 3 nitrogen and oxygen atoms in total. The van der Waals surface area contributed by atoms with Crippen LogP contribution < -0.4 is 10.1 Å². The number of rotatable bonds is 5. The van der Waals surface area contributed by atoms with E-state index in [1.165, 1.54) is 25.7 Å². The maximum absolute atomic E-state index is 5.74. The van der Waals surface area contributed by atoms with E-state index in [4.69, 9.17) is 4.74 Å². The molecule has 2 atom stereocenters. The summed E-state index contributed by atoms with van der Waals surface area (Å²) in [7, 11) is 0. The summed E-state index contributed by atoms with van der Waals surface area (Å²) < 4.78 is 5.74. The van der Waals surface area contributed by atoms with Crippen LogP contribution in [-0.4, -0.2) is 17.6 Å². The molecule has 2 rings (SSSR count). The van der Waals surface area contributed by atoms with Crippen molar-refractivity contribution >= 4 is 5.82 Å². The number of aromatic nitrogens is 1. The first kappa shape index (κ1) is 13.2. The van der Waals surface area contributed by atoms with Crippen molar-refractivity contribution in [2.24, 2.45) is 5.92 Å². The van der Waals surface area contributed by atoms with Gasteiger partial charge in [-0.2, -0.15) is 0 Å². The maximum atomic E-state index is 5.74. The summed E-state index contributed by atoms with van der Waals surface area (Å²) >= 11 is 0. The summed E-state index contributed by atoms with van der Waals surface area (Å²) in [6.07, 6.45) is 8.09. The highest BCUT2D eigenvalue weighted by Gasteiger charge is 2.22. The third-order valence-electron chi connectivity index (χ3n) is 3.67. The fourth-order valence-electron chi connectivity index (χ4n) is 2.53. The first-order valence-electron chi connectivity index (χ1n) is 7.15. The number of hydrogen-bond donors (Lipinski definition) is 1. The largest absolute Gasteiger partial charge is 0.490 e. The van der Waals surface area contributed by atoms with Crippen molar-refractivity contribution in [3.63, 3.8) is 0 Å². The van der Waals surface area contributed by atoms with E-state index in [9.17, 15) is 0 Å². The molecule has 0 radical (unpaired) electrons. The minimum atomic E-state index is 0.539. The molecule has 3 heteroatoms. The molecule has 0 aliphatic heterocycles. The van der Waals surface area contributed by atoms with Crippen molar-refractivity contribution in [3.8, 4) is 5.75 Å². The summed E-state index contributed by atoms with van der Waals surface area (Å²) in [4.78, 5) is 4.42. The summed E-state index contributed by atoms with van der Waals surface area (Å²) in [6, 6.07) is 4.47. The van der Waals surface area contributed by atoms with Gasteiger partial charge in [0, 0.05) is 12.2 Å². The van der Waals surface area contributed by atoms with Gasteiger partial charge in [-0.25, -0.2) is 4.98 Å². The number of ether oxygens (including phenoxy) is 1. The van der Waals surface area contributed by atoms with Crippen LogP contribution >= 0.6 is 0 Å². The molecule has 1 N–H and O–H groups in total. The molecule has 1 heterocycles.